The number of thiazole rings is 1. The fourth-order valence-electron chi connectivity index (χ4n) is 6.37. The molecule has 0 amide bonds. The molecule has 0 saturated carbocycles. The zero-order chi connectivity index (χ0) is 35.6. The quantitative estimate of drug-likeness (QED) is 0.0670. The molecule has 0 unspecified atom stereocenters. The molecular weight excluding hydrogens is 667 g/mol. The monoisotopic (exact) mass is 703 g/mol. The largest absolute Gasteiger partial charge is 0.494 e. The molecule has 7 rings (SSSR count). The highest BCUT2D eigenvalue weighted by atomic mass is 32.1. The van der Waals surface area contributed by atoms with Gasteiger partial charge in [-0.2, -0.15) is 0 Å². The standard InChI is InChI=1S/C44H37N3O4S/c48-42-41(52-43(49)47(42)44(36-15-7-2-8-16-36,37-17-9-3-10-18-37)38-19-11-4-12-20-38)31-33-21-25-40(26-22-33)50-29-30-51-46-28-27-39-24-23-35(32-45-39)34-13-5-1-6-14-34/h1-28,32,46,48H,29-31H2. The average Bonchev–Trinajstić information content (AvgIpc) is 3.48. The number of ether oxygens (including phenoxy) is 1. The van der Waals surface area contributed by atoms with E-state index in [1.165, 1.54) is 0 Å². The Morgan fingerprint density at radius 1 is 0.692 bits per heavy atom. The number of aromatic nitrogens is 2. The van der Waals surface area contributed by atoms with Gasteiger partial charge in [0.25, 0.3) is 0 Å². The van der Waals surface area contributed by atoms with Crippen LogP contribution in [0.15, 0.2) is 175 Å². The van der Waals surface area contributed by atoms with Crippen LogP contribution in [0, 0.1) is 0 Å². The third-order valence-electron chi connectivity index (χ3n) is 8.81. The summed E-state index contributed by atoms with van der Waals surface area (Å²) < 4.78 is 7.42. The van der Waals surface area contributed by atoms with Gasteiger partial charge in [-0.25, -0.2) is 0 Å². The normalized spacial score (nSPS) is 11.5. The van der Waals surface area contributed by atoms with Crippen molar-refractivity contribution in [2.75, 3.05) is 13.2 Å². The second kappa shape index (κ2) is 16.2. The van der Waals surface area contributed by atoms with Gasteiger partial charge in [0, 0.05) is 24.4 Å². The van der Waals surface area contributed by atoms with Gasteiger partial charge in [0.1, 0.15) is 24.5 Å². The minimum atomic E-state index is -1.09. The van der Waals surface area contributed by atoms with Gasteiger partial charge >= 0.3 is 4.87 Å². The zero-order valence-electron chi connectivity index (χ0n) is 28.3. The zero-order valence-corrected chi connectivity index (χ0v) is 29.2. The van der Waals surface area contributed by atoms with Crippen molar-refractivity contribution in [1.29, 1.82) is 0 Å². The first-order chi connectivity index (χ1) is 25.6. The number of nitrogens with zero attached hydrogens (tertiary/aromatic N) is 2. The second-order valence-electron chi connectivity index (χ2n) is 12.1. The first-order valence-corrected chi connectivity index (χ1v) is 17.8. The molecule has 0 aliphatic rings. The van der Waals surface area contributed by atoms with E-state index in [1.807, 2.05) is 158 Å². The molecule has 0 fully saturated rings. The van der Waals surface area contributed by atoms with Crippen molar-refractivity contribution in [2.45, 2.75) is 12.0 Å². The smallest absolute Gasteiger partial charge is 0.311 e. The maximum absolute atomic E-state index is 14.0. The van der Waals surface area contributed by atoms with Crippen LogP contribution < -0.4 is 15.1 Å². The van der Waals surface area contributed by atoms with Crippen LogP contribution >= 0.6 is 11.3 Å². The van der Waals surface area contributed by atoms with E-state index in [1.54, 1.807) is 10.8 Å². The molecule has 7 nitrogen and oxygen atoms in total. The number of aromatic hydroxyl groups is 1. The molecule has 0 radical (unpaired) electrons. The van der Waals surface area contributed by atoms with E-state index >= 15 is 0 Å². The Balaban J connectivity index is 0.996. The molecule has 5 aromatic carbocycles. The highest BCUT2D eigenvalue weighted by Gasteiger charge is 2.42. The van der Waals surface area contributed by atoms with Crippen molar-refractivity contribution in [1.82, 2.24) is 15.0 Å². The molecule has 0 spiro atoms. The fourth-order valence-corrected chi connectivity index (χ4v) is 7.31. The molecule has 8 heteroatoms. The highest BCUT2D eigenvalue weighted by Crippen LogP contribution is 2.43. The van der Waals surface area contributed by atoms with Crippen molar-refractivity contribution in [2.24, 2.45) is 0 Å². The van der Waals surface area contributed by atoms with Gasteiger partial charge in [0.05, 0.1) is 10.6 Å². The molecule has 2 aromatic heterocycles. The van der Waals surface area contributed by atoms with E-state index in [4.69, 9.17) is 9.57 Å². The summed E-state index contributed by atoms with van der Waals surface area (Å²) in [6, 6.07) is 51.4. The summed E-state index contributed by atoms with van der Waals surface area (Å²) in [5, 5.41) is 11.9. The molecular formula is C44H37N3O4S. The SMILES string of the molecule is O=c1sc(Cc2ccc(OCCONC=Cc3ccc(-c4ccccc4)cn3)cc2)c(O)n1C(c1ccccc1)(c1ccccc1)c1ccccc1. The van der Waals surface area contributed by atoms with E-state index < -0.39 is 5.54 Å². The third kappa shape index (κ3) is 7.44. The van der Waals surface area contributed by atoms with Gasteiger partial charge in [0.15, 0.2) is 0 Å². The van der Waals surface area contributed by atoms with Crippen molar-refractivity contribution >= 4 is 17.4 Å². The number of nitrogens with one attached hydrogen (secondary N) is 1. The van der Waals surface area contributed by atoms with Crippen LogP contribution in [0.5, 0.6) is 11.6 Å². The molecule has 0 bridgehead atoms. The lowest BCUT2D eigenvalue weighted by Crippen LogP contribution is -2.42. The molecule has 0 atom stereocenters. The molecule has 0 aliphatic carbocycles. The van der Waals surface area contributed by atoms with Crippen LogP contribution in [-0.2, 0) is 16.8 Å². The number of benzene rings is 5. The lowest BCUT2D eigenvalue weighted by molar-refractivity contribution is 0.0484. The van der Waals surface area contributed by atoms with Crippen LogP contribution in [0.2, 0.25) is 0 Å². The summed E-state index contributed by atoms with van der Waals surface area (Å²) in [7, 11) is 0. The van der Waals surface area contributed by atoms with Crippen molar-refractivity contribution in [3.8, 4) is 22.8 Å². The molecule has 52 heavy (non-hydrogen) atoms. The number of hydroxylamine groups is 1. The van der Waals surface area contributed by atoms with Gasteiger partial charge in [-0.1, -0.05) is 151 Å². The summed E-state index contributed by atoms with van der Waals surface area (Å²) >= 11 is 1.07. The van der Waals surface area contributed by atoms with E-state index in [0.717, 1.165) is 50.4 Å². The van der Waals surface area contributed by atoms with Gasteiger partial charge in [-0.3, -0.25) is 24.7 Å². The average molecular weight is 704 g/mol. The van der Waals surface area contributed by atoms with Crippen LogP contribution in [-0.4, -0.2) is 27.9 Å². The summed E-state index contributed by atoms with van der Waals surface area (Å²) in [6.07, 6.45) is 5.77. The van der Waals surface area contributed by atoms with Crippen LogP contribution in [0.3, 0.4) is 0 Å². The van der Waals surface area contributed by atoms with Gasteiger partial charge in [-0.05, 0) is 52.1 Å². The van der Waals surface area contributed by atoms with Gasteiger partial charge < -0.3 is 9.84 Å². The summed E-state index contributed by atoms with van der Waals surface area (Å²) in [5.41, 5.74) is 8.28. The Bertz CT molecular complexity index is 2160. The second-order valence-corrected chi connectivity index (χ2v) is 13.1. The molecule has 7 aromatic rings. The first kappa shape index (κ1) is 34.2. The lowest BCUT2D eigenvalue weighted by atomic mass is 9.76. The summed E-state index contributed by atoms with van der Waals surface area (Å²) in [4.78, 5) is 24.3. The minimum absolute atomic E-state index is 0.0504. The van der Waals surface area contributed by atoms with Crippen LogP contribution in [0.4, 0.5) is 0 Å². The van der Waals surface area contributed by atoms with Gasteiger partial charge in [0.2, 0.25) is 5.88 Å². The lowest BCUT2D eigenvalue weighted by Gasteiger charge is -2.37. The minimum Gasteiger partial charge on any atom is -0.494 e. The topological polar surface area (TPSA) is 85.6 Å². The Morgan fingerprint density at radius 3 is 1.83 bits per heavy atom. The Hall–Kier alpha value is -6.22. The van der Waals surface area contributed by atoms with E-state index in [9.17, 15) is 9.90 Å². The molecule has 0 aliphatic heterocycles. The number of rotatable bonds is 14. The van der Waals surface area contributed by atoms with Gasteiger partial charge in [-0.15, -0.1) is 0 Å². The fraction of sp³-hybridized carbons (Fsp3) is 0.0909. The molecule has 258 valence electrons. The number of hydrogen-bond donors (Lipinski definition) is 2. The third-order valence-corrected chi connectivity index (χ3v) is 9.74. The Labute approximate surface area is 306 Å². The predicted molar refractivity (Wildman–Crippen MR) is 207 cm³/mol. The molecule has 2 heterocycles. The maximum atomic E-state index is 14.0. The Kier molecular flexibility index (Phi) is 10.7. The summed E-state index contributed by atoms with van der Waals surface area (Å²) in [6.45, 7) is 0.670. The number of hydrogen-bond acceptors (Lipinski definition) is 7. The molecule has 0 saturated heterocycles. The van der Waals surface area contributed by atoms with Crippen molar-refractivity contribution < 1.29 is 14.7 Å². The van der Waals surface area contributed by atoms with E-state index in [0.29, 0.717) is 30.3 Å². The van der Waals surface area contributed by atoms with E-state index in [-0.39, 0.29) is 10.8 Å². The number of pyridine rings is 1. The van der Waals surface area contributed by atoms with E-state index in [2.05, 4.69) is 22.6 Å². The van der Waals surface area contributed by atoms with Crippen LogP contribution in [0.1, 0.15) is 32.8 Å². The highest BCUT2D eigenvalue weighted by molar-refractivity contribution is 7.09. The maximum Gasteiger partial charge on any atom is 0.311 e. The summed E-state index contributed by atoms with van der Waals surface area (Å²) in [5.74, 6) is 0.641. The first-order valence-electron chi connectivity index (χ1n) is 17.0. The predicted octanol–water partition coefficient (Wildman–Crippen LogP) is 8.68. The molecule has 2 N–H and O–H groups in total. The van der Waals surface area contributed by atoms with Crippen LogP contribution in [0.25, 0.3) is 17.2 Å². The van der Waals surface area contributed by atoms with Crippen molar-refractivity contribution in [3.63, 3.8) is 0 Å². The van der Waals surface area contributed by atoms with Crippen molar-refractivity contribution in [3.05, 3.63) is 213 Å². The Morgan fingerprint density at radius 2 is 1.27 bits per heavy atom.